The lowest BCUT2D eigenvalue weighted by atomic mass is 9.95. The van der Waals surface area contributed by atoms with Crippen molar-refractivity contribution < 1.29 is 9.59 Å². The summed E-state index contributed by atoms with van der Waals surface area (Å²) in [5.41, 5.74) is 3.39. The van der Waals surface area contributed by atoms with E-state index >= 15 is 0 Å². The van der Waals surface area contributed by atoms with E-state index in [-0.39, 0.29) is 17.9 Å². The van der Waals surface area contributed by atoms with Crippen molar-refractivity contribution in [2.75, 3.05) is 0 Å². The smallest absolute Gasteiger partial charge is 0.243 e. The molecule has 184 valence electrons. The quantitative estimate of drug-likeness (QED) is 0.397. The molecule has 0 radical (unpaired) electrons. The molecule has 1 atom stereocenters. The second-order valence-electron chi connectivity index (χ2n) is 9.92. The molecule has 4 rings (SSSR count). The SMILES string of the molecule is CCC(C(=O)NC1CCCCC1)N(Cc1cccc(C)c1)C(=O)CCc1cccc2ccccc12. The van der Waals surface area contributed by atoms with E-state index in [0.717, 1.165) is 24.0 Å². The Labute approximate surface area is 209 Å². The lowest BCUT2D eigenvalue weighted by Gasteiger charge is -2.33. The third-order valence-electron chi connectivity index (χ3n) is 7.26. The lowest BCUT2D eigenvalue weighted by molar-refractivity contribution is -0.141. The van der Waals surface area contributed by atoms with Gasteiger partial charge in [0.15, 0.2) is 0 Å². The normalized spacial score (nSPS) is 15.0. The summed E-state index contributed by atoms with van der Waals surface area (Å²) in [6.45, 7) is 4.52. The van der Waals surface area contributed by atoms with Crippen molar-refractivity contribution >= 4 is 22.6 Å². The van der Waals surface area contributed by atoms with Crippen molar-refractivity contribution in [1.82, 2.24) is 10.2 Å². The molecule has 1 fully saturated rings. The molecular formula is C31H38N2O2. The van der Waals surface area contributed by atoms with E-state index in [2.05, 4.69) is 54.7 Å². The van der Waals surface area contributed by atoms with Crippen LogP contribution in [-0.2, 0) is 22.6 Å². The highest BCUT2D eigenvalue weighted by Crippen LogP contribution is 2.22. The van der Waals surface area contributed by atoms with E-state index < -0.39 is 6.04 Å². The van der Waals surface area contributed by atoms with E-state index in [1.807, 2.05) is 36.1 Å². The molecule has 4 nitrogen and oxygen atoms in total. The first-order valence-corrected chi connectivity index (χ1v) is 13.2. The standard InChI is InChI=1S/C31H38N2O2/c1-3-29(31(35)32-27-16-5-4-6-17-27)33(22-24-12-9-11-23(2)21-24)30(34)20-19-26-15-10-14-25-13-7-8-18-28(25)26/h7-15,18,21,27,29H,3-6,16-17,19-20,22H2,1-2H3,(H,32,35). The molecule has 1 unspecified atom stereocenters. The fourth-order valence-corrected chi connectivity index (χ4v) is 5.37. The summed E-state index contributed by atoms with van der Waals surface area (Å²) in [7, 11) is 0. The van der Waals surface area contributed by atoms with E-state index in [9.17, 15) is 9.59 Å². The van der Waals surface area contributed by atoms with Crippen LogP contribution in [0, 0.1) is 6.92 Å². The van der Waals surface area contributed by atoms with Crippen molar-refractivity contribution in [3.63, 3.8) is 0 Å². The first kappa shape index (κ1) is 25.0. The molecule has 4 heteroatoms. The molecule has 0 aromatic heterocycles. The van der Waals surface area contributed by atoms with Crippen molar-refractivity contribution in [2.24, 2.45) is 0 Å². The minimum absolute atomic E-state index is 0.00874. The molecule has 3 aromatic rings. The number of carbonyl (C=O) groups is 2. The number of rotatable bonds is 9. The predicted molar refractivity (Wildman–Crippen MR) is 143 cm³/mol. The Morgan fingerprint density at radius 2 is 1.71 bits per heavy atom. The van der Waals surface area contributed by atoms with Gasteiger partial charge in [-0.3, -0.25) is 9.59 Å². The van der Waals surface area contributed by atoms with Gasteiger partial charge in [-0.25, -0.2) is 0 Å². The molecule has 1 N–H and O–H groups in total. The van der Waals surface area contributed by atoms with Gasteiger partial charge in [0, 0.05) is 19.0 Å². The number of aryl methyl sites for hydroxylation is 2. The molecule has 0 heterocycles. The fraction of sp³-hybridized carbons (Fsp3) is 0.419. The van der Waals surface area contributed by atoms with Gasteiger partial charge in [0.25, 0.3) is 0 Å². The third-order valence-corrected chi connectivity index (χ3v) is 7.26. The summed E-state index contributed by atoms with van der Waals surface area (Å²) >= 11 is 0. The molecule has 0 aliphatic heterocycles. The Morgan fingerprint density at radius 3 is 2.49 bits per heavy atom. The largest absolute Gasteiger partial charge is 0.352 e. The lowest BCUT2D eigenvalue weighted by Crippen LogP contribution is -2.51. The topological polar surface area (TPSA) is 49.4 Å². The van der Waals surface area contributed by atoms with E-state index in [1.165, 1.54) is 35.6 Å². The zero-order valence-electron chi connectivity index (χ0n) is 21.1. The summed E-state index contributed by atoms with van der Waals surface area (Å²) in [5, 5.41) is 5.64. The third kappa shape index (κ3) is 6.50. The van der Waals surface area contributed by atoms with Crippen LogP contribution in [-0.4, -0.2) is 28.8 Å². The maximum Gasteiger partial charge on any atom is 0.243 e. The Hall–Kier alpha value is -3.14. The number of nitrogens with zero attached hydrogens (tertiary/aromatic N) is 1. The summed E-state index contributed by atoms with van der Waals surface area (Å²) < 4.78 is 0. The maximum atomic E-state index is 13.7. The number of fused-ring (bicyclic) bond motifs is 1. The van der Waals surface area contributed by atoms with Crippen LogP contribution in [0.4, 0.5) is 0 Å². The van der Waals surface area contributed by atoms with Crippen molar-refractivity contribution in [1.29, 1.82) is 0 Å². The molecule has 0 bridgehead atoms. The van der Waals surface area contributed by atoms with Crippen LogP contribution in [0.25, 0.3) is 10.8 Å². The molecule has 3 aromatic carbocycles. The molecular weight excluding hydrogens is 432 g/mol. The zero-order valence-corrected chi connectivity index (χ0v) is 21.1. The second-order valence-corrected chi connectivity index (χ2v) is 9.92. The van der Waals surface area contributed by atoms with Crippen LogP contribution in [0.1, 0.15) is 68.6 Å². The summed E-state index contributed by atoms with van der Waals surface area (Å²) in [5.74, 6) is 0.0237. The Bertz CT molecular complexity index is 1140. The highest BCUT2D eigenvalue weighted by molar-refractivity contribution is 5.89. The van der Waals surface area contributed by atoms with Crippen LogP contribution in [0.15, 0.2) is 66.7 Å². The minimum atomic E-state index is -0.461. The van der Waals surface area contributed by atoms with E-state index in [1.54, 1.807) is 0 Å². The van der Waals surface area contributed by atoms with Crippen LogP contribution in [0.5, 0.6) is 0 Å². The first-order chi connectivity index (χ1) is 17.0. The van der Waals surface area contributed by atoms with Crippen LogP contribution < -0.4 is 5.32 Å². The molecule has 0 spiro atoms. The van der Waals surface area contributed by atoms with Gasteiger partial charge in [-0.2, -0.15) is 0 Å². The number of amides is 2. The monoisotopic (exact) mass is 470 g/mol. The average Bonchev–Trinajstić information content (AvgIpc) is 2.87. The Morgan fingerprint density at radius 1 is 0.971 bits per heavy atom. The number of nitrogens with one attached hydrogen (secondary N) is 1. The minimum Gasteiger partial charge on any atom is -0.352 e. The molecule has 1 aliphatic carbocycles. The van der Waals surface area contributed by atoms with Gasteiger partial charge in [-0.1, -0.05) is 98.5 Å². The molecule has 1 saturated carbocycles. The number of carbonyl (C=O) groups excluding carboxylic acids is 2. The Balaban J connectivity index is 1.53. The van der Waals surface area contributed by atoms with Crippen LogP contribution >= 0.6 is 0 Å². The van der Waals surface area contributed by atoms with Gasteiger partial charge >= 0.3 is 0 Å². The first-order valence-electron chi connectivity index (χ1n) is 13.2. The molecule has 0 saturated heterocycles. The van der Waals surface area contributed by atoms with Gasteiger partial charge in [-0.15, -0.1) is 0 Å². The van der Waals surface area contributed by atoms with Gasteiger partial charge < -0.3 is 10.2 Å². The maximum absolute atomic E-state index is 13.7. The molecule has 1 aliphatic rings. The summed E-state index contributed by atoms with van der Waals surface area (Å²) in [6.07, 6.45) is 7.29. The summed E-state index contributed by atoms with van der Waals surface area (Å²) in [6, 6.07) is 22.6. The average molecular weight is 471 g/mol. The van der Waals surface area contributed by atoms with Crippen LogP contribution in [0.2, 0.25) is 0 Å². The van der Waals surface area contributed by atoms with Gasteiger partial charge in [-0.05, 0) is 54.5 Å². The number of hydrogen-bond donors (Lipinski definition) is 1. The predicted octanol–water partition coefficient (Wildman–Crippen LogP) is 6.34. The van der Waals surface area contributed by atoms with Crippen molar-refractivity contribution in [3.8, 4) is 0 Å². The van der Waals surface area contributed by atoms with Crippen molar-refractivity contribution in [2.45, 2.75) is 83.8 Å². The molecule has 35 heavy (non-hydrogen) atoms. The van der Waals surface area contributed by atoms with Gasteiger partial charge in [0.05, 0.1) is 0 Å². The number of hydrogen-bond acceptors (Lipinski definition) is 2. The Kier molecular flexibility index (Phi) is 8.57. The molecule has 2 amide bonds. The highest BCUT2D eigenvalue weighted by Gasteiger charge is 2.30. The number of benzene rings is 3. The van der Waals surface area contributed by atoms with Crippen molar-refractivity contribution in [3.05, 3.63) is 83.4 Å². The van der Waals surface area contributed by atoms with Crippen LogP contribution in [0.3, 0.4) is 0 Å². The zero-order chi connectivity index (χ0) is 24.6. The second kappa shape index (κ2) is 12.0. The van der Waals surface area contributed by atoms with Gasteiger partial charge in [0.2, 0.25) is 11.8 Å². The van der Waals surface area contributed by atoms with E-state index in [0.29, 0.717) is 25.8 Å². The highest BCUT2D eigenvalue weighted by atomic mass is 16.2. The summed E-state index contributed by atoms with van der Waals surface area (Å²) in [4.78, 5) is 28.9. The van der Waals surface area contributed by atoms with Gasteiger partial charge in [0.1, 0.15) is 6.04 Å². The fourth-order valence-electron chi connectivity index (χ4n) is 5.37. The van der Waals surface area contributed by atoms with E-state index in [4.69, 9.17) is 0 Å².